The van der Waals surface area contributed by atoms with E-state index in [-0.39, 0.29) is 11.9 Å². The first kappa shape index (κ1) is 17.2. The molecule has 0 aliphatic carbocycles. The van der Waals surface area contributed by atoms with Crippen LogP contribution in [0.25, 0.3) is 0 Å². The predicted octanol–water partition coefficient (Wildman–Crippen LogP) is 3.89. The van der Waals surface area contributed by atoms with Gasteiger partial charge in [0, 0.05) is 25.1 Å². The Bertz CT molecular complexity index is 597. The van der Waals surface area contributed by atoms with Crippen LogP contribution in [0.4, 0.5) is 0 Å². The van der Waals surface area contributed by atoms with Gasteiger partial charge in [0.1, 0.15) is 0 Å². The average molecular weight is 312 g/mol. The maximum atomic E-state index is 12.5. The van der Waals surface area contributed by atoms with Gasteiger partial charge in [-0.1, -0.05) is 38.0 Å². The molecule has 0 aliphatic rings. The van der Waals surface area contributed by atoms with E-state index in [4.69, 9.17) is 4.74 Å². The summed E-state index contributed by atoms with van der Waals surface area (Å²) in [4.78, 5) is 16.7. The van der Waals surface area contributed by atoms with Crippen molar-refractivity contribution in [2.75, 3.05) is 7.11 Å². The molecule has 0 saturated carbocycles. The van der Waals surface area contributed by atoms with E-state index in [1.807, 2.05) is 42.6 Å². The summed E-state index contributed by atoms with van der Waals surface area (Å²) in [6.07, 6.45) is 6.64. The number of carbonyl (C=O) groups is 1. The minimum absolute atomic E-state index is 0.00481. The number of benzene rings is 1. The van der Waals surface area contributed by atoms with Gasteiger partial charge in [-0.25, -0.2) is 0 Å². The zero-order chi connectivity index (χ0) is 16.5. The van der Waals surface area contributed by atoms with Crippen LogP contribution in [-0.2, 0) is 11.3 Å². The molecule has 1 N–H and O–H groups in total. The van der Waals surface area contributed by atoms with Gasteiger partial charge in [0.15, 0.2) is 0 Å². The van der Waals surface area contributed by atoms with Crippen molar-refractivity contribution in [3.8, 4) is 0 Å². The Morgan fingerprint density at radius 3 is 2.65 bits per heavy atom. The van der Waals surface area contributed by atoms with Crippen LogP contribution in [0.1, 0.15) is 53.7 Å². The number of pyridine rings is 1. The highest BCUT2D eigenvalue weighted by Gasteiger charge is 2.15. The highest BCUT2D eigenvalue weighted by molar-refractivity contribution is 5.94. The molecular formula is C19H24N2O2. The summed E-state index contributed by atoms with van der Waals surface area (Å²) in [5.41, 5.74) is 2.76. The van der Waals surface area contributed by atoms with E-state index < -0.39 is 0 Å². The molecule has 0 radical (unpaired) electrons. The standard InChI is InChI=1S/C19H24N2O2/c1-3-4-7-18(17-6-5-12-20-13-17)21-19(22)16-10-8-15(9-11-16)14-23-2/h5-6,8-13,18H,3-4,7,14H2,1-2H3,(H,21,22)/t18-/m0/s1. The number of methoxy groups -OCH3 is 1. The Morgan fingerprint density at radius 1 is 1.26 bits per heavy atom. The van der Waals surface area contributed by atoms with Crippen LogP contribution in [0.15, 0.2) is 48.8 Å². The minimum atomic E-state index is -0.0566. The normalized spacial score (nSPS) is 11.9. The summed E-state index contributed by atoms with van der Waals surface area (Å²) in [6, 6.07) is 11.4. The van der Waals surface area contributed by atoms with Crippen molar-refractivity contribution < 1.29 is 9.53 Å². The molecule has 0 aliphatic heterocycles. The molecule has 1 atom stereocenters. The van der Waals surface area contributed by atoms with Gasteiger partial charge in [0.05, 0.1) is 12.6 Å². The van der Waals surface area contributed by atoms with Gasteiger partial charge in [-0.2, -0.15) is 0 Å². The zero-order valence-corrected chi connectivity index (χ0v) is 13.8. The summed E-state index contributed by atoms with van der Waals surface area (Å²) in [6.45, 7) is 2.70. The molecule has 0 fully saturated rings. The quantitative estimate of drug-likeness (QED) is 0.804. The van der Waals surface area contributed by atoms with Gasteiger partial charge in [-0.05, 0) is 35.7 Å². The van der Waals surface area contributed by atoms with E-state index in [1.165, 1.54) is 0 Å². The lowest BCUT2D eigenvalue weighted by molar-refractivity contribution is 0.0934. The van der Waals surface area contributed by atoms with E-state index in [0.717, 1.165) is 30.4 Å². The lowest BCUT2D eigenvalue weighted by Crippen LogP contribution is -2.28. The van der Waals surface area contributed by atoms with Crippen molar-refractivity contribution in [1.29, 1.82) is 0 Å². The smallest absolute Gasteiger partial charge is 0.251 e. The molecule has 1 aromatic carbocycles. The second-order valence-corrected chi connectivity index (χ2v) is 5.58. The summed E-state index contributed by atoms with van der Waals surface area (Å²) in [5.74, 6) is -0.0566. The van der Waals surface area contributed by atoms with Crippen molar-refractivity contribution in [1.82, 2.24) is 10.3 Å². The number of rotatable bonds is 8. The van der Waals surface area contributed by atoms with Crippen LogP contribution in [0.3, 0.4) is 0 Å². The molecular weight excluding hydrogens is 288 g/mol. The van der Waals surface area contributed by atoms with E-state index >= 15 is 0 Å². The van der Waals surface area contributed by atoms with E-state index in [9.17, 15) is 4.79 Å². The third-order valence-electron chi connectivity index (χ3n) is 3.77. The maximum absolute atomic E-state index is 12.5. The summed E-state index contributed by atoms with van der Waals surface area (Å²) >= 11 is 0. The number of unbranched alkanes of at least 4 members (excludes halogenated alkanes) is 1. The molecule has 0 spiro atoms. The minimum Gasteiger partial charge on any atom is -0.380 e. The topological polar surface area (TPSA) is 51.2 Å². The first-order valence-corrected chi connectivity index (χ1v) is 8.03. The zero-order valence-electron chi connectivity index (χ0n) is 13.8. The number of carbonyl (C=O) groups excluding carboxylic acids is 1. The molecule has 4 nitrogen and oxygen atoms in total. The lowest BCUT2D eigenvalue weighted by Gasteiger charge is -2.19. The Hall–Kier alpha value is -2.20. The van der Waals surface area contributed by atoms with Crippen LogP contribution in [-0.4, -0.2) is 18.0 Å². The van der Waals surface area contributed by atoms with Crippen molar-refractivity contribution >= 4 is 5.91 Å². The highest BCUT2D eigenvalue weighted by atomic mass is 16.5. The van der Waals surface area contributed by atoms with E-state index in [1.54, 1.807) is 13.3 Å². The van der Waals surface area contributed by atoms with Gasteiger partial charge in [-0.3, -0.25) is 9.78 Å². The first-order chi connectivity index (χ1) is 11.2. The van der Waals surface area contributed by atoms with Gasteiger partial charge in [0.2, 0.25) is 0 Å². The number of hydrogen-bond donors (Lipinski definition) is 1. The van der Waals surface area contributed by atoms with Crippen LogP contribution < -0.4 is 5.32 Å². The van der Waals surface area contributed by atoms with Gasteiger partial charge < -0.3 is 10.1 Å². The number of nitrogens with zero attached hydrogens (tertiary/aromatic N) is 1. The molecule has 0 unspecified atom stereocenters. The second kappa shape index (κ2) is 9.06. The molecule has 0 bridgehead atoms. The van der Waals surface area contributed by atoms with E-state index in [2.05, 4.69) is 17.2 Å². The second-order valence-electron chi connectivity index (χ2n) is 5.58. The van der Waals surface area contributed by atoms with Crippen LogP contribution in [0.5, 0.6) is 0 Å². The summed E-state index contributed by atoms with van der Waals surface area (Å²) in [5, 5.41) is 3.13. The maximum Gasteiger partial charge on any atom is 0.251 e. The van der Waals surface area contributed by atoms with Crippen LogP contribution in [0, 0.1) is 0 Å². The molecule has 1 aromatic heterocycles. The Kier molecular flexibility index (Phi) is 6.76. The fraction of sp³-hybridized carbons (Fsp3) is 0.368. The highest BCUT2D eigenvalue weighted by Crippen LogP contribution is 2.19. The molecule has 122 valence electrons. The van der Waals surface area contributed by atoms with Crippen LogP contribution in [0.2, 0.25) is 0 Å². The van der Waals surface area contributed by atoms with E-state index in [0.29, 0.717) is 12.2 Å². The Balaban J connectivity index is 2.07. The number of amides is 1. The third kappa shape index (κ3) is 5.18. The molecule has 1 amide bonds. The van der Waals surface area contributed by atoms with Crippen LogP contribution >= 0.6 is 0 Å². The van der Waals surface area contributed by atoms with Gasteiger partial charge in [0.25, 0.3) is 5.91 Å². The largest absolute Gasteiger partial charge is 0.380 e. The molecule has 1 heterocycles. The molecule has 0 saturated heterocycles. The molecule has 23 heavy (non-hydrogen) atoms. The van der Waals surface area contributed by atoms with Crippen molar-refractivity contribution in [2.45, 2.75) is 38.8 Å². The number of hydrogen-bond acceptors (Lipinski definition) is 3. The Morgan fingerprint density at radius 2 is 2.04 bits per heavy atom. The lowest BCUT2D eigenvalue weighted by atomic mass is 10.0. The summed E-state index contributed by atoms with van der Waals surface area (Å²) in [7, 11) is 1.66. The van der Waals surface area contributed by atoms with Gasteiger partial charge in [-0.15, -0.1) is 0 Å². The SMILES string of the molecule is CCCC[C@H](NC(=O)c1ccc(COC)cc1)c1cccnc1. The van der Waals surface area contributed by atoms with Crippen molar-refractivity contribution in [2.24, 2.45) is 0 Å². The number of ether oxygens (including phenoxy) is 1. The molecule has 2 rings (SSSR count). The molecule has 2 aromatic rings. The van der Waals surface area contributed by atoms with Crippen molar-refractivity contribution in [3.05, 3.63) is 65.5 Å². The molecule has 4 heteroatoms. The number of aromatic nitrogens is 1. The number of nitrogens with one attached hydrogen (secondary N) is 1. The predicted molar refractivity (Wildman–Crippen MR) is 91.1 cm³/mol. The summed E-state index contributed by atoms with van der Waals surface area (Å²) < 4.78 is 5.09. The van der Waals surface area contributed by atoms with Crippen molar-refractivity contribution in [3.63, 3.8) is 0 Å². The fourth-order valence-corrected chi connectivity index (χ4v) is 2.47. The fourth-order valence-electron chi connectivity index (χ4n) is 2.47. The Labute approximate surface area is 137 Å². The average Bonchev–Trinajstić information content (AvgIpc) is 2.60. The third-order valence-corrected chi connectivity index (χ3v) is 3.77. The van der Waals surface area contributed by atoms with Gasteiger partial charge >= 0.3 is 0 Å². The monoisotopic (exact) mass is 312 g/mol. The first-order valence-electron chi connectivity index (χ1n) is 8.03.